The van der Waals surface area contributed by atoms with Crippen LogP contribution in [0.5, 0.6) is 0 Å². The zero-order valence-electron chi connectivity index (χ0n) is 15.1. The second-order valence-electron chi connectivity index (χ2n) is 6.56. The Balaban J connectivity index is 3.43. The fraction of sp³-hybridized carbons (Fsp3) is 1.00. The Morgan fingerprint density at radius 1 is 0.667 bits per heavy atom. The Morgan fingerprint density at radius 2 is 1.12 bits per heavy atom. The van der Waals surface area contributed by atoms with Gasteiger partial charge in [-0.1, -0.05) is 64.7 Å². The van der Waals surface area contributed by atoms with Gasteiger partial charge in [-0.3, -0.25) is 0 Å². The molecule has 0 bridgehead atoms. The first kappa shape index (κ1) is 23.8. The molecule has 6 nitrogen and oxygen atoms in total. The standard InChI is InChI=1S/C18H38O6/c1-2-3-4-5-6-7-8-9-10-11-12-24-14-16(21)18(23)17(22)15(20)13-19/h15-23H,2-14H2,1H3/t15-,16+,17+,18+/m0/s1. The van der Waals surface area contributed by atoms with E-state index in [1.165, 1.54) is 51.4 Å². The molecule has 0 saturated heterocycles. The van der Waals surface area contributed by atoms with Crippen LogP contribution < -0.4 is 0 Å². The molecule has 146 valence electrons. The van der Waals surface area contributed by atoms with E-state index in [-0.39, 0.29) is 6.61 Å². The van der Waals surface area contributed by atoms with Crippen molar-refractivity contribution in [2.24, 2.45) is 0 Å². The van der Waals surface area contributed by atoms with Crippen molar-refractivity contribution in [3.8, 4) is 0 Å². The number of unbranched alkanes of at least 4 members (excludes halogenated alkanes) is 9. The first-order chi connectivity index (χ1) is 11.5. The summed E-state index contributed by atoms with van der Waals surface area (Å²) in [6, 6.07) is 0. The summed E-state index contributed by atoms with van der Waals surface area (Å²) in [6.07, 6.45) is 6.45. The van der Waals surface area contributed by atoms with Gasteiger partial charge >= 0.3 is 0 Å². The highest BCUT2D eigenvalue weighted by molar-refractivity contribution is 4.80. The van der Waals surface area contributed by atoms with Crippen LogP contribution in [-0.4, -0.2) is 69.8 Å². The van der Waals surface area contributed by atoms with Gasteiger partial charge in [0.15, 0.2) is 0 Å². The van der Waals surface area contributed by atoms with Gasteiger partial charge in [-0.05, 0) is 6.42 Å². The van der Waals surface area contributed by atoms with Crippen molar-refractivity contribution in [3.63, 3.8) is 0 Å². The maximum absolute atomic E-state index is 9.67. The summed E-state index contributed by atoms with van der Waals surface area (Å²) in [7, 11) is 0. The SMILES string of the molecule is CCCCCCCCCCCCOC[C@@H](O)[C@@H](O)[C@H](O)[C@@H](O)CO. The van der Waals surface area contributed by atoms with Crippen LogP contribution in [0.2, 0.25) is 0 Å². The second kappa shape index (κ2) is 16.2. The van der Waals surface area contributed by atoms with Gasteiger partial charge in [0.05, 0.1) is 13.2 Å². The van der Waals surface area contributed by atoms with E-state index >= 15 is 0 Å². The number of aliphatic hydroxyl groups is 5. The molecule has 24 heavy (non-hydrogen) atoms. The van der Waals surface area contributed by atoms with Crippen molar-refractivity contribution in [1.82, 2.24) is 0 Å². The third-order valence-electron chi connectivity index (χ3n) is 4.26. The number of hydrogen-bond acceptors (Lipinski definition) is 6. The smallest absolute Gasteiger partial charge is 0.111 e. The molecule has 6 heteroatoms. The van der Waals surface area contributed by atoms with Crippen molar-refractivity contribution >= 4 is 0 Å². The fourth-order valence-corrected chi connectivity index (χ4v) is 2.56. The van der Waals surface area contributed by atoms with Crippen LogP contribution in [0.25, 0.3) is 0 Å². The third-order valence-corrected chi connectivity index (χ3v) is 4.26. The molecule has 0 fully saturated rings. The van der Waals surface area contributed by atoms with Gasteiger partial charge in [-0.15, -0.1) is 0 Å². The average molecular weight is 350 g/mol. The molecule has 0 radical (unpaired) electrons. The normalized spacial score (nSPS) is 16.8. The van der Waals surface area contributed by atoms with Gasteiger partial charge in [0.1, 0.15) is 24.4 Å². The monoisotopic (exact) mass is 350 g/mol. The van der Waals surface area contributed by atoms with Crippen LogP contribution in [0, 0.1) is 0 Å². The lowest BCUT2D eigenvalue weighted by atomic mass is 10.0. The van der Waals surface area contributed by atoms with Crippen LogP contribution >= 0.6 is 0 Å². The van der Waals surface area contributed by atoms with Crippen molar-refractivity contribution in [3.05, 3.63) is 0 Å². The van der Waals surface area contributed by atoms with E-state index < -0.39 is 31.0 Å². The van der Waals surface area contributed by atoms with Gasteiger partial charge < -0.3 is 30.3 Å². The van der Waals surface area contributed by atoms with Gasteiger partial charge in [0, 0.05) is 6.61 Å². The van der Waals surface area contributed by atoms with Crippen LogP contribution in [0.3, 0.4) is 0 Å². The molecule has 0 aliphatic heterocycles. The summed E-state index contributed by atoms with van der Waals surface area (Å²) in [4.78, 5) is 0. The zero-order valence-corrected chi connectivity index (χ0v) is 15.1. The molecule has 0 aromatic carbocycles. The molecule has 0 rings (SSSR count). The summed E-state index contributed by atoms with van der Waals surface area (Å²) in [6.45, 7) is 1.94. The fourth-order valence-electron chi connectivity index (χ4n) is 2.56. The Hall–Kier alpha value is -0.240. The predicted molar refractivity (Wildman–Crippen MR) is 93.8 cm³/mol. The Kier molecular flexibility index (Phi) is 16.1. The zero-order chi connectivity index (χ0) is 18.2. The van der Waals surface area contributed by atoms with Gasteiger partial charge in [0.25, 0.3) is 0 Å². The lowest BCUT2D eigenvalue weighted by Gasteiger charge is -2.25. The van der Waals surface area contributed by atoms with E-state index in [4.69, 9.17) is 9.84 Å². The molecule has 0 amide bonds. The minimum atomic E-state index is -1.59. The number of aliphatic hydroxyl groups excluding tert-OH is 5. The van der Waals surface area contributed by atoms with Crippen molar-refractivity contribution in [2.45, 2.75) is 95.5 Å². The lowest BCUT2D eigenvalue weighted by Crippen LogP contribution is -2.47. The maximum Gasteiger partial charge on any atom is 0.111 e. The molecule has 5 N–H and O–H groups in total. The van der Waals surface area contributed by atoms with Crippen LogP contribution in [0.1, 0.15) is 71.1 Å². The van der Waals surface area contributed by atoms with E-state index in [2.05, 4.69) is 6.92 Å². The predicted octanol–water partition coefficient (Wildman–Crippen LogP) is 1.36. The first-order valence-electron chi connectivity index (χ1n) is 9.45. The quantitative estimate of drug-likeness (QED) is 0.253. The summed E-state index contributed by atoms with van der Waals surface area (Å²) in [5.41, 5.74) is 0. The summed E-state index contributed by atoms with van der Waals surface area (Å²) in [5, 5.41) is 46.6. The van der Waals surface area contributed by atoms with E-state index in [1.54, 1.807) is 0 Å². The molecule has 0 spiro atoms. The molecule has 0 unspecified atom stereocenters. The molecule has 0 aromatic rings. The minimum Gasteiger partial charge on any atom is -0.394 e. The Morgan fingerprint density at radius 3 is 1.62 bits per heavy atom. The van der Waals surface area contributed by atoms with Crippen LogP contribution in [0.4, 0.5) is 0 Å². The lowest BCUT2D eigenvalue weighted by molar-refractivity contribution is -0.129. The van der Waals surface area contributed by atoms with Gasteiger partial charge in [-0.25, -0.2) is 0 Å². The number of hydrogen-bond donors (Lipinski definition) is 5. The summed E-state index contributed by atoms with van der Waals surface area (Å²) >= 11 is 0. The topological polar surface area (TPSA) is 110 Å². The van der Waals surface area contributed by atoms with Gasteiger partial charge in [0.2, 0.25) is 0 Å². The summed E-state index contributed by atoms with van der Waals surface area (Å²) < 4.78 is 5.29. The van der Waals surface area contributed by atoms with Crippen LogP contribution in [0.15, 0.2) is 0 Å². The summed E-state index contributed by atoms with van der Waals surface area (Å²) in [5.74, 6) is 0. The van der Waals surface area contributed by atoms with Crippen LogP contribution in [-0.2, 0) is 4.74 Å². The highest BCUT2D eigenvalue weighted by atomic mass is 16.5. The van der Waals surface area contributed by atoms with Crippen molar-refractivity contribution in [2.75, 3.05) is 19.8 Å². The molecule has 4 atom stereocenters. The van der Waals surface area contributed by atoms with E-state index in [1.807, 2.05) is 0 Å². The van der Waals surface area contributed by atoms with Crippen molar-refractivity contribution in [1.29, 1.82) is 0 Å². The number of rotatable bonds is 17. The highest BCUT2D eigenvalue weighted by Gasteiger charge is 2.29. The molecular weight excluding hydrogens is 312 g/mol. The second-order valence-corrected chi connectivity index (χ2v) is 6.56. The van der Waals surface area contributed by atoms with Crippen molar-refractivity contribution < 1.29 is 30.3 Å². The number of ether oxygens (including phenoxy) is 1. The van der Waals surface area contributed by atoms with E-state index in [0.29, 0.717) is 6.61 Å². The molecule has 0 heterocycles. The molecule has 0 aromatic heterocycles. The molecule has 0 saturated carbocycles. The van der Waals surface area contributed by atoms with Gasteiger partial charge in [-0.2, -0.15) is 0 Å². The highest BCUT2D eigenvalue weighted by Crippen LogP contribution is 2.11. The maximum atomic E-state index is 9.67. The Bertz CT molecular complexity index is 264. The first-order valence-corrected chi connectivity index (χ1v) is 9.45. The van der Waals surface area contributed by atoms with E-state index in [0.717, 1.165) is 12.8 Å². The van der Waals surface area contributed by atoms with E-state index in [9.17, 15) is 20.4 Å². The molecular formula is C18H38O6. The molecule has 0 aliphatic rings. The molecule has 0 aliphatic carbocycles. The Labute approximate surface area is 146 Å². The third kappa shape index (κ3) is 12.2. The average Bonchev–Trinajstić information content (AvgIpc) is 2.60. The minimum absolute atomic E-state index is 0.103. The largest absolute Gasteiger partial charge is 0.394 e.